The van der Waals surface area contributed by atoms with Crippen LogP contribution in [-0.4, -0.2) is 17.1 Å². The number of thiocarbonyl (C=S) groups is 1. The summed E-state index contributed by atoms with van der Waals surface area (Å²) in [4.78, 5) is 3.37. The first-order chi connectivity index (χ1) is 8.29. The summed E-state index contributed by atoms with van der Waals surface area (Å²) in [7, 11) is 1.84. The van der Waals surface area contributed by atoms with Crippen molar-refractivity contribution >= 4 is 28.7 Å². The predicted molar refractivity (Wildman–Crippen MR) is 73.9 cm³/mol. The Morgan fingerprint density at radius 3 is 2.88 bits per heavy atom. The molecule has 0 aromatic carbocycles. The standard InChI is InChI=1S/C12H14N2OS2/c1-13-12(16)14(8-10-4-2-6-15-10)9-11-5-3-7-17-11/h2-7H,8-9H2,1H3,(H,13,16). The average Bonchev–Trinajstić information content (AvgIpc) is 3.00. The fourth-order valence-corrected chi connectivity index (χ4v) is 2.39. The molecular formula is C12H14N2OS2. The molecular weight excluding hydrogens is 252 g/mol. The van der Waals surface area contributed by atoms with Gasteiger partial charge in [-0.2, -0.15) is 0 Å². The molecule has 2 aromatic heterocycles. The molecule has 0 aliphatic carbocycles. The van der Waals surface area contributed by atoms with E-state index in [1.54, 1.807) is 17.6 Å². The molecule has 0 unspecified atom stereocenters. The van der Waals surface area contributed by atoms with Gasteiger partial charge in [0.2, 0.25) is 0 Å². The lowest BCUT2D eigenvalue weighted by atomic mass is 10.3. The maximum absolute atomic E-state index is 5.35. The van der Waals surface area contributed by atoms with Gasteiger partial charge in [-0.25, -0.2) is 0 Å². The minimum Gasteiger partial charge on any atom is -0.467 e. The molecule has 0 saturated heterocycles. The van der Waals surface area contributed by atoms with E-state index in [0.717, 1.165) is 17.4 Å². The molecule has 17 heavy (non-hydrogen) atoms. The van der Waals surface area contributed by atoms with E-state index in [9.17, 15) is 0 Å². The van der Waals surface area contributed by atoms with Crippen LogP contribution in [0.4, 0.5) is 0 Å². The number of hydrogen-bond acceptors (Lipinski definition) is 3. The third kappa shape index (κ3) is 3.31. The van der Waals surface area contributed by atoms with Crippen LogP contribution in [0, 0.1) is 0 Å². The van der Waals surface area contributed by atoms with E-state index < -0.39 is 0 Å². The molecule has 0 spiro atoms. The third-order valence-electron chi connectivity index (χ3n) is 2.35. The molecule has 0 aliphatic heterocycles. The SMILES string of the molecule is CNC(=S)N(Cc1ccco1)Cc1cccs1. The molecule has 0 fully saturated rings. The minimum absolute atomic E-state index is 0.685. The molecule has 0 bridgehead atoms. The fourth-order valence-electron chi connectivity index (χ4n) is 1.54. The van der Waals surface area contributed by atoms with E-state index in [-0.39, 0.29) is 0 Å². The molecule has 90 valence electrons. The fraction of sp³-hybridized carbons (Fsp3) is 0.250. The summed E-state index contributed by atoms with van der Waals surface area (Å²) in [5.74, 6) is 0.916. The Hall–Kier alpha value is -1.33. The van der Waals surface area contributed by atoms with E-state index in [2.05, 4.69) is 21.7 Å². The molecule has 0 aliphatic rings. The first kappa shape index (κ1) is 12.1. The van der Waals surface area contributed by atoms with Crippen molar-refractivity contribution in [2.24, 2.45) is 0 Å². The Balaban J connectivity index is 2.05. The Morgan fingerprint density at radius 1 is 1.41 bits per heavy atom. The molecule has 5 heteroatoms. The van der Waals surface area contributed by atoms with Crippen LogP contribution in [0.2, 0.25) is 0 Å². The number of nitrogens with zero attached hydrogens (tertiary/aromatic N) is 1. The van der Waals surface area contributed by atoms with Gasteiger partial charge in [0.25, 0.3) is 0 Å². The number of nitrogens with one attached hydrogen (secondary N) is 1. The minimum atomic E-state index is 0.685. The molecule has 2 rings (SSSR count). The quantitative estimate of drug-likeness (QED) is 0.861. The third-order valence-corrected chi connectivity index (χ3v) is 3.68. The molecule has 0 atom stereocenters. The lowest BCUT2D eigenvalue weighted by molar-refractivity contribution is 0.356. The van der Waals surface area contributed by atoms with Crippen LogP contribution in [0.15, 0.2) is 40.3 Å². The highest BCUT2D eigenvalue weighted by Crippen LogP contribution is 2.14. The van der Waals surface area contributed by atoms with Crippen LogP contribution in [0.3, 0.4) is 0 Å². The molecule has 0 radical (unpaired) electrons. The van der Waals surface area contributed by atoms with Crippen LogP contribution in [-0.2, 0) is 13.1 Å². The van der Waals surface area contributed by atoms with Crippen LogP contribution in [0.5, 0.6) is 0 Å². The number of hydrogen-bond donors (Lipinski definition) is 1. The van der Waals surface area contributed by atoms with Gasteiger partial charge >= 0.3 is 0 Å². The van der Waals surface area contributed by atoms with Crippen molar-refractivity contribution in [1.29, 1.82) is 0 Å². The zero-order chi connectivity index (χ0) is 12.1. The van der Waals surface area contributed by atoms with Crippen molar-refractivity contribution in [3.63, 3.8) is 0 Å². The zero-order valence-electron chi connectivity index (χ0n) is 9.55. The Kier molecular flexibility index (Phi) is 4.17. The maximum atomic E-state index is 5.35. The molecule has 2 heterocycles. The van der Waals surface area contributed by atoms with Gasteiger partial charge in [-0.05, 0) is 35.8 Å². The summed E-state index contributed by atoms with van der Waals surface area (Å²) in [5, 5.41) is 5.81. The Bertz CT molecular complexity index is 415. The largest absolute Gasteiger partial charge is 0.467 e. The topological polar surface area (TPSA) is 28.4 Å². The van der Waals surface area contributed by atoms with E-state index in [1.807, 2.05) is 25.2 Å². The lowest BCUT2D eigenvalue weighted by Crippen LogP contribution is -2.36. The maximum Gasteiger partial charge on any atom is 0.169 e. The second kappa shape index (κ2) is 5.84. The van der Waals surface area contributed by atoms with Crippen LogP contribution in [0.1, 0.15) is 10.6 Å². The normalized spacial score (nSPS) is 10.2. The smallest absolute Gasteiger partial charge is 0.169 e. The second-order valence-corrected chi connectivity index (χ2v) is 4.99. The van der Waals surface area contributed by atoms with Crippen molar-refractivity contribution in [3.05, 3.63) is 46.5 Å². The van der Waals surface area contributed by atoms with Gasteiger partial charge < -0.3 is 14.6 Å². The van der Waals surface area contributed by atoms with Crippen LogP contribution >= 0.6 is 23.6 Å². The second-order valence-electron chi connectivity index (χ2n) is 3.57. The van der Waals surface area contributed by atoms with E-state index in [1.165, 1.54) is 4.88 Å². The molecule has 3 nitrogen and oxygen atoms in total. The van der Waals surface area contributed by atoms with Crippen LogP contribution < -0.4 is 5.32 Å². The van der Waals surface area contributed by atoms with Crippen molar-refractivity contribution in [3.8, 4) is 0 Å². The van der Waals surface area contributed by atoms with Crippen molar-refractivity contribution in [2.45, 2.75) is 13.1 Å². The summed E-state index contributed by atoms with van der Waals surface area (Å²) in [6.07, 6.45) is 1.68. The van der Waals surface area contributed by atoms with E-state index >= 15 is 0 Å². The monoisotopic (exact) mass is 266 g/mol. The lowest BCUT2D eigenvalue weighted by Gasteiger charge is -2.23. The van der Waals surface area contributed by atoms with Gasteiger partial charge in [0.15, 0.2) is 5.11 Å². The summed E-state index contributed by atoms with van der Waals surface area (Å²) < 4.78 is 5.35. The summed E-state index contributed by atoms with van der Waals surface area (Å²) >= 11 is 7.03. The molecule has 0 amide bonds. The van der Waals surface area contributed by atoms with Gasteiger partial charge in [0, 0.05) is 11.9 Å². The predicted octanol–water partition coefficient (Wildman–Crippen LogP) is 2.85. The molecule has 1 N–H and O–H groups in total. The first-order valence-electron chi connectivity index (χ1n) is 5.31. The highest BCUT2D eigenvalue weighted by atomic mass is 32.1. The van der Waals surface area contributed by atoms with Crippen molar-refractivity contribution in [1.82, 2.24) is 10.2 Å². The van der Waals surface area contributed by atoms with E-state index in [4.69, 9.17) is 16.6 Å². The summed E-state index contributed by atoms with van der Waals surface area (Å²) in [6.45, 7) is 1.49. The van der Waals surface area contributed by atoms with Gasteiger partial charge in [0.1, 0.15) is 5.76 Å². The summed E-state index contributed by atoms with van der Waals surface area (Å²) in [6, 6.07) is 8.01. The Labute approximate surface area is 110 Å². The Morgan fingerprint density at radius 2 is 2.29 bits per heavy atom. The zero-order valence-corrected chi connectivity index (χ0v) is 11.2. The van der Waals surface area contributed by atoms with Gasteiger partial charge in [-0.15, -0.1) is 11.3 Å². The number of thiophene rings is 1. The van der Waals surface area contributed by atoms with E-state index in [0.29, 0.717) is 6.54 Å². The van der Waals surface area contributed by atoms with Gasteiger partial charge in [-0.3, -0.25) is 0 Å². The van der Waals surface area contributed by atoms with Crippen molar-refractivity contribution in [2.75, 3.05) is 7.05 Å². The molecule has 0 saturated carbocycles. The highest BCUT2D eigenvalue weighted by molar-refractivity contribution is 7.80. The van der Waals surface area contributed by atoms with Crippen molar-refractivity contribution < 1.29 is 4.42 Å². The highest BCUT2D eigenvalue weighted by Gasteiger charge is 2.11. The first-order valence-corrected chi connectivity index (χ1v) is 6.60. The average molecular weight is 266 g/mol. The number of rotatable bonds is 4. The van der Waals surface area contributed by atoms with Gasteiger partial charge in [-0.1, -0.05) is 6.07 Å². The van der Waals surface area contributed by atoms with Gasteiger partial charge in [0.05, 0.1) is 19.4 Å². The van der Waals surface area contributed by atoms with Crippen LogP contribution in [0.25, 0.3) is 0 Å². The molecule has 2 aromatic rings. The summed E-state index contributed by atoms with van der Waals surface area (Å²) in [5.41, 5.74) is 0. The number of furan rings is 1.